The molecule has 0 bridgehead atoms. The molecule has 128 valence electrons. The summed E-state index contributed by atoms with van der Waals surface area (Å²) in [6.45, 7) is 8.00. The Morgan fingerprint density at radius 2 is 1.59 bits per heavy atom. The molecule has 0 aromatic carbocycles. The molecule has 2 aliphatic heterocycles. The van der Waals surface area contributed by atoms with Crippen molar-refractivity contribution < 1.29 is 13.2 Å². The highest BCUT2D eigenvalue weighted by Gasteiger charge is 2.35. The van der Waals surface area contributed by atoms with Crippen molar-refractivity contribution in [1.82, 2.24) is 18.8 Å². The Hall–Kier alpha value is -0.700. The van der Waals surface area contributed by atoms with Gasteiger partial charge in [-0.15, -0.1) is 0 Å². The fourth-order valence-corrected chi connectivity index (χ4v) is 4.64. The zero-order chi connectivity index (χ0) is 16.2. The predicted octanol–water partition coefficient (Wildman–Crippen LogP) is -0.141. The smallest absolute Gasteiger partial charge is 0.282 e. The van der Waals surface area contributed by atoms with Crippen LogP contribution in [0.1, 0.15) is 33.1 Å². The van der Waals surface area contributed by atoms with Crippen molar-refractivity contribution in [2.75, 3.05) is 45.8 Å². The second-order valence-corrected chi connectivity index (χ2v) is 7.94. The van der Waals surface area contributed by atoms with E-state index in [0.717, 1.165) is 19.3 Å². The van der Waals surface area contributed by atoms with Gasteiger partial charge < -0.3 is 5.32 Å². The highest BCUT2D eigenvalue weighted by Crippen LogP contribution is 2.18. The third-order valence-corrected chi connectivity index (χ3v) is 6.50. The van der Waals surface area contributed by atoms with E-state index >= 15 is 0 Å². The lowest BCUT2D eigenvalue weighted by molar-refractivity contribution is -0.126. The van der Waals surface area contributed by atoms with E-state index in [1.807, 2.05) is 13.8 Å². The van der Waals surface area contributed by atoms with Crippen LogP contribution in [-0.2, 0) is 15.0 Å². The lowest BCUT2D eigenvalue weighted by Crippen LogP contribution is -2.56. The molecule has 0 spiro atoms. The van der Waals surface area contributed by atoms with Gasteiger partial charge in [-0.3, -0.25) is 9.69 Å². The third-order valence-electron chi connectivity index (χ3n) is 4.47. The standard InChI is InChI=1S/C14H28N4O3S/c1-3-6-15-14(19)13(2)16-9-11-18(12-10-16)22(20,21)17-7-4-5-8-17/h13H,3-12H2,1-2H3,(H,15,19). The van der Waals surface area contributed by atoms with Crippen LogP contribution in [0.3, 0.4) is 0 Å². The summed E-state index contributed by atoms with van der Waals surface area (Å²) in [5.74, 6) is 0.0256. The topological polar surface area (TPSA) is 73.0 Å². The number of amides is 1. The average Bonchev–Trinajstić information content (AvgIpc) is 3.07. The first-order valence-corrected chi connectivity index (χ1v) is 9.63. The maximum atomic E-state index is 12.5. The summed E-state index contributed by atoms with van der Waals surface area (Å²) in [7, 11) is -3.31. The molecule has 2 fully saturated rings. The quantitative estimate of drug-likeness (QED) is 0.735. The van der Waals surface area contributed by atoms with E-state index in [1.54, 1.807) is 8.61 Å². The molecule has 0 aliphatic carbocycles. The highest BCUT2D eigenvalue weighted by molar-refractivity contribution is 7.86. The molecule has 0 aromatic rings. The van der Waals surface area contributed by atoms with Gasteiger partial charge in [0.15, 0.2) is 0 Å². The normalized spacial score (nSPS) is 23.5. The van der Waals surface area contributed by atoms with E-state index in [9.17, 15) is 13.2 Å². The van der Waals surface area contributed by atoms with Crippen LogP contribution < -0.4 is 5.32 Å². The number of nitrogens with zero attached hydrogens (tertiary/aromatic N) is 3. The SMILES string of the molecule is CCCNC(=O)C(C)N1CCN(S(=O)(=O)N2CCCC2)CC1. The van der Waals surface area contributed by atoms with Crippen LogP contribution in [0.2, 0.25) is 0 Å². The summed E-state index contributed by atoms with van der Waals surface area (Å²) in [6.07, 6.45) is 2.82. The molecule has 8 heteroatoms. The lowest BCUT2D eigenvalue weighted by Gasteiger charge is -2.38. The third kappa shape index (κ3) is 3.98. The number of hydrogen-bond acceptors (Lipinski definition) is 4. The first-order valence-electron chi connectivity index (χ1n) is 8.23. The molecule has 2 heterocycles. The second-order valence-electron chi connectivity index (χ2n) is 6.02. The summed E-state index contributed by atoms with van der Waals surface area (Å²) in [4.78, 5) is 14.1. The zero-order valence-electron chi connectivity index (χ0n) is 13.6. The zero-order valence-corrected chi connectivity index (χ0v) is 14.4. The summed E-state index contributed by atoms with van der Waals surface area (Å²) >= 11 is 0. The molecule has 1 atom stereocenters. The van der Waals surface area contributed by atoms with E-state index in [4.69, 9.17) is 0 Å². The van der Waals surface area contributed by atoms with Crippen molar-refractivity contribution in [3.05, 3.63) is 0 Å². The molecular weight excluding hydrogens is 304 g/mol. The van der Waals surface area contributed by atoms with Crippen LogP contribution in [-0.4, -0.2) is 79.7 Å². The number of nitrogens with one attached hydrogen (secondary N) is 1. The van der Waals surface area contributed by atoms with Gasteiger partial charge in [0.1, 0.15) is 0 Å². The molecule has 7 nitrogen and oxygen atoms in total. The highest BCUT2D eigenvalue weighted by atomic mass is 32.2. The maximum Gasteiger partial charge on any atom is 0.282 e. The van der Waals surface area contributed by atoms with E-state index in [2.05, 4.69) is 10.2 Å². The molecule has 0 saturated carbocycles. The maximum absolute atomic E-state index is 12.5. The Labute approximate surface area is 133 Å². The number of hydrogen-bond donors (Lipinski definition) is 1. The Morgan fingerprint density at radius 3 is 2.14 bits per heavy atom. The van der Waals surface area contributed by atoms with Crippen molar-refractivity contribution >= 4 is 16.1 Å². The lowest BCUT2D eigenvalue weighted by atomic mass is 10.2. The Morgan fingerprint density at radius 1 is 1.05 bits per heavy atom. The molecule has 1 unspecified atom stereocenters. The number of rotatable bonds is 6. The van der Waals surface area contributed by atoms with E-state index < -0.39 is 10.2 Å². The van der Waals surface area contributed by atoms with Gasteiger partial charge in [0, 0.05) is 45.8 Å². The van der Waals surface area contributed by atoms with Gasteiger partial charge in [0.25, 0.3) is 10.2 Å². The first kappa shape index (κ1) is 17.7. The van der Waals surface area contributed by atoms with Crippen LogP contribution in [0.5, 0.6) is 0 Å². The van der Waals surface area contributed by atoms with Crippen LogP contribution in [0.25, 0.3) is 0 Å². The molecule has 1 N–H and O–H groups in total. The number of carbonyl (C=O) groups is 1. The Kier molecular flexibility index (Phi) is 6.19. The van der Waals surface area contributed by atoms with Crippen molar-refractivity contribution in [2.45, 2.75) is 39.2 Å². The van der Waals surface area contributed by atoms with Crippen LogP contribution in [0.4, 0.5) is 0 Å². The molecule has 0 radical (unpaired) electrons. The fourth-order valence-electron chi connectivity index (χ4n) is 2.97. The van der Waals surface area contributed by atoms with Crippen molar-refractivity contribution in [3.8, 4) is 0 Å². The molecule has 2 aliphatic rings. The minimum Gasteiger partial charge on any atom is -0.355 e. The summed E-state index contributed by atoms with van der Waals surface area (Å²) in [5.41, 5.74) is 0. The second kappa shape index (κ2) is 7.72. The van der Waals surface area contributed by atoms with Gasteiger partial charge in [0.2, 0.25) is 5.91 Å². The number of piperazine rings is 1. The summed E-state index contributed by atoms with van der Waals surface area (Å²) in [6, 6.07) is -0.205. The Bertz CT molecular complexity index is 468. The first-order chi connectivity index (χ1) is 10.5. The van der Waals surface area contributed by atoms with Gasteiger partial charge in [-0.2, -0.15) is 17.0 Å². The molecular formula is C14H28N4O3S. The Balaban J connectivity index is 1.86. The minimum absolute atomic E-state index is 0.0256. The summed E-state index contributed by atoms with van der Waals surface area (Å²) < 4.78 is 28.1. The molecule has 2 rings (SSSR count). The minimum atomic E-state index is -3.31. The van der Waals surface area contributed by atoms with Gasteiger partial charge in [-0.05, 0) is 26.2 Å². The molecule has 22 heavy (non-hydrogen) atoms. The fraction of sp³-hybridized carbons (Fsp3) is 0.929. The van der Waals surface area contributed by atoms with Crippen molar-refractivity contribution in [2.24, 2.45) is 0 Å². The van der Waals surface area contributed by atoms with Crippen LogP contribution in [0.15, 0.2) is 0 Å². The van der Waals surface area contributed by atoms with Gasteiger partial charge >= 0.3 is 0 Å². The largest absolute Gasteiger partial charge is 0.355 e. The van der Waals surface area contributed by atoms with E-state index in [-0.39, 0.29) is 11.9 Å². The predicted molar refractivity (Wildman–Crippen MR) is 85.6 cm³/mol. The average molecular weight is 332 g/mol. The molecule has 0 aromatic heterocycles. The summed E-state index contributed by atoms with van der Waals surface area (Å²) in [5, 5.41) is 2.89. The van der Waals surface area contributed by atoms with E-state index in [0.29, 0.717) is 45.8 Å². The van der Waals surface area contributed by atoms with Gasteiger partial charge in [-0.1, -0.05) is 6.92 Å². The van der Waals surface area contributed by atoms with Crippen LogP contribution in [0, 0.1) is 0 Å². The molecule has 1 amide bonds. The number of carbonyl (C=O) groups excluding carboxylic acids is 1. The van der Waals surface area contributed by atoms with Gasteiger partial charge in [-0.25, -0.2) is 0 Å². The molecule has 2 saturated heterocycles. The van der Waals surface area contributed by atoms with E-state index in [1.165, 1.54) is 0 Å². The monoisotopic (exact) mass is 332 g/mol. The van der Waals surface area contributed by atoms with Gasteiger partial charge in [0.05, 0.1) is 6.04 Å². The van der Waals surface area contributed by atoms with Crippen molar-refractivity contribution in [1.29, 1.82) is 0 Å². The van der Waals surface area contributed by atoms with Crippen molar-refractivity contribution in [3.63, 3.8) is 0 Å². The van der Waals surface area contributed by atoms with Crippen LogP contribution >= 0.6 is 0 Å².